The number of likely N-dealkylation sites (N-methyl/N-ethyl adjacent to an activating group) is 1. The number of aliphatic hydroxyl groups excluding tert-OH is 1. The number of nitrogens with zero attached hydrogens (tertiary/aromatic N) is 2. The van der Waals surface area contributed by atoms with Gasteiger partial charge in [-0.3, -0.25) is 9.59 Å². The van der Waals surface area contributed by atoms with E-state index in [4.69, 9.17) is 9.84 Å². The molecule has 1 spiro atoms. The number of morpholine rings is 1. The first-order valence-electron chi connectivity index (χ1n) is 8.04. The topological polar surface area (TPSA) is 70.1 Å². The molecule has 2 fully saturated rings. The highest BCUT2D eigenvalue weighted by Gasteiger charge is 2.45. The summed E-state index contributed by atoms with van der Waals surface area (Å²) in [7, 11) is 1.78. The quantitative estimate of drug-likeness (QED) is 0.815. The Morgan fingerprint density at radius 3 is 2.75 bits per heavy atom. The Labute approximate surface area is 145 Å². The highest BCUT2D eigenvalue weighted by molar-refractivity contribution is 7.99. The Kier molecular flexibility index (Phi) is 5.12. The number of thioether (sulfide) groups is 1. The van der Waals surface area contributed by atoms with E-state index in [0.717, 1.165) is 11.3 Å². The number of ether oxygens (including phenoxy) is 1. The Bertz CT molecular complexity index is 622. The van der Waals surface area contributed by atoms with E-state index >= 15 is 0 Å². The second kappa shape index (κ2) is 7.13. The molecule has 0 radical (unpaired) electrons. The predicted octanol–water partition coefficient (Wildman–Crippen LogP) is 0.844. The van der Waals surface area contributed by atoms with Crippen molar-refractivity contribution in [3.05, 3.63) is 29.8 Å². The maximum Gasteiger partial charge on any atom is 0.253 e. The zero-order chi connectivity index (χ0) is 17.2. The monoisotopic (exact) mass is 350 g/mol. The van der Waals surface area contributed by atoms with Gasteiger partial charge >= 0.3 is 0 Å². The first-order chi connectivity index (χ1) is 11.5. The summed E-state index contributed by atoms with van der Waals surface area (Å²) < 4.78 is 5.78. The second-order valence-corrected chi connectivity index (χ2v) is 7.46. The van der Waals surface area contributed by atoms with Gasteiger partial charge in [-0.1, -0.05) is 0 Å². The molecular weight excluding hydrogens is 328 g/mol. The smallest absolute Gasteiger partial charge is 0.253 e. The minimum atomic E-state index is -0.421. The van der Waals surface area contributed by atoms with Crippen molar-refractivity contribution in [3.63, 3.8) is 0 Å². The lowest BCUT2D eigenvalue weighted by atomic mass is 10.0. The molecule has 2 aliphatic rings. The molecule has 1 aromatic rings. The first kappa shape index (κ1) is 17.3. The van der Waals surface area contributed by atoms with Crippen molar-refractivity contribution in [2.75, 3.05) is 45.6 Å². The molecule has 2 aliphatic heterocycles. The fourth-order valence-electron chi connectivity index (χ4n) is 3.20. The van der Waals surface area contributed by atoms with Gasteiger partial charge in [-0.25, -0.2) is 0 Å². The van der Waals surface area contributed by atoms with Crippen LogP contribution in [0.25, 0.3) is 0 Å². The van der Waals surface area contributed by atoms with Crippen molar-refractivity contribution < 1.29 is 19.4 Å². The van der Waals surface area contributed by atoms with E-state index in [-0.39, 0.29) is 25.0 Å². The summed E-state index contributed by atoms with van der Waals surface area (Å²) in [5.74, 6) is 0.626. The van der Waals surface area contributed by atoms with Gasteiger partial charge in [0.2, 0.25) is 5.91 Å². The van der Waals surface area contributed by atoms with Crippen LogP contribution in [0.5, 0.6) is 0 Å². The lowest BCUT2D eigenvalue weighted by Crippen LogP contribution is -2.54. The molecule has 1 unspecified atom stereocenters. The number of likely N-dealkylation sites (tertiary alicyclic amines) is 1. The van der Waals surface area contributed by atoms with Gasteiger partial charge in [0.15, 0.2) is 0 Å². The van der Waals surface area contributed by atoms with Gasteiger partial charge in [0.1, 0.15) is 12.2 Å². The number of aliphatic hydroxyl groups is 1. The van der Waals surface area contributed by atoms with Crippen LogP contribution >= 0.6 is 11.8 Å². The highest BCUT2D eigenvalue weighted by atomic mass is 32.2. The van der Waals surface area contributed by atoms with Gasteiger partial charge in [0, 0.05) is 29.8 Å². The molecule has 0 bridgehead atoms. The Morgan fingerprint density at radius 1 is 1.33 bits per heavy atom. The van der Waals surface area contributed by atoms with Gasteiger partial charge in [-0.15, -0.1) is 11.8 Å². The van der Waals surface area contributed by atoms with Crippen molar-refractivity contribution in [3.8, 4) is 0 Å². The molecule has 1 atom stereocenters. The number of carbonyl (C=O) groups is 2. The summed E-state index contributed by atoms with van der Waals surface area (Å²) in [6.45, 7) is 1.92. The number of amides is 2. The van der Waals surface area contributed by atoms with Crippen molar-refractivity contribution in [1.82, 2.24) is 9.80 Å². The van der Waals surface area contributed by atoms with Crippen LogP contribution in [0, 0.1) is 0 Å². The molecule has 0 aromatic heterocycles. The molecule has 0 saturated carbocycles. The molecule has 2 amide bonds. The Balaban J connectivity index is 1.63. The average molecular weight is 350 g/mol. The van der Waals surface area contributed by atoms with Crippen molar-refractivity contribution in [2.45, 2.75) is 16.9 Å². The predicted molar refractivity (Wildman–Crippen MR) is 91.1 cm³/mol. The van der Waals surface area contributed by atoms with Crippen molar-refractivity contribution in [1.29, 1.82) is 0 Å². The number of rotatable bonds is 4. The van der Waals surface area contributed by atoms with Gasteiger partial charge in [-0.05, 0) is 30.7 Å². The minimum Gasteiger partial charge on any atom is -0.396 e. The van der Waals surface area contributed by atoms with Crippen LogP contribution in [0.15, 0.2) is 29.2 Å². The number of carbonyl (C=O) groups excluding carboxylic acids is 2. The molecule has 24 heavy (non-hydrogen) atoms. The lowest BCUT2D eigenvalue weighted by Gasteiger charge is -2.38. The second-order valence-electron chi connectivity index (χ2n) is 6.29. The van der Waals surface area contributed by atoms with Crippen LogP contribution < -0.4 is 0 Å². The van der Waals surface area contributed by atoms with Gasteiger partial charge < -0.3 is 19.6 Å². The Hall–Kier alpha value is -1.57. The van der Waals surface area contributed by atoms with E-state index in [1.54, 1.807) is 28.6 Å². The molecular formula is C17H22N2O4S. The Morgan fingerprint density at radius 2 is 2.08 bits per heavy atom. The van der Waals surface area contributed by atoms with E-state index in [1.165, 1.54) is 0 Å². The zero-order valence-corrected chi connectivity index (χ0v) is 14.6. The maximum absolute atomic E-state index is 12.7. The van der Waals surface area contributed by atoms with Crippen LogP contribution in [0.3, 0.4) is 0 Å². The van der Waals surface area contributed by atoms with Crippen LogP contribution in [0.2, 0.25) is 0 Å². The number of benzene rings is 1. The fraction of sp³-hybridized carbons (Fsp3) is 0.529. The number of hydrogen-bond donors (Lipinski definition) is 1. The molecule has 130 valence electrons. The standard InChI is InChI=1S/C17H22N2O4S/c1-18-11-17(23-10-15(18)21)6-7-19(12-17)16(22)13-2-4-14(5-3-13)24-9-8-20/h2-5,20H,6-12H2,1H3. The zero-order valence-electron chi connectivity index (χ0n) is 13.7. The third-order valence-corrected chi connectivity index (χ3v) is 5.51. The third-order valence-electron chi connectivity index (χ3n) is 4.52. The summed E-state index contributed by atoms with van der Waals surface area (Å²) in [5.41, 5.74) is 0.232. The van der Waals surface area contributed by atoms with E-state index in [2.05, 4.69) is 0 Å². The largest absolute Gasteiger partial charge is 0.396 e. The summed E-state index contributed by atoms with van der Waals surface area (Å²) in [5, 5.41) is 8.85. The summed E-state index contributed by atoms with van der Waals surface area (Å²) in [4.78, 5) is 28.8. The first-order valence-corrected chi connectivity index (χ1v) is 9.02. The van der Waals surface area contributed by atoms with Crippen LogP contribution in [0.1, 0.15) is 16.8 Å². The van der Waals surface area contributed by atoms with Crippen molar-refractivity contribution in [2.24, 2.45) is 0 Å². The van der Waals surface area contributed by atoms with Crippen molar-refractivity contribution >= 4 is 23.6 Å². The van der Waals surface area contributed by atoms with Gasteiger partial charge in [0.05, 0.1) is 19.7 Å². The summed E-state index contributed by atoms with van der Waals surface area (Å²) in [6, 6.07) is 7.46. The van der Waals surface area contributed by atoms with E-state index < -0.39 is 5.60 Å². The maximum atomic E-state index is 12.7. The SMILES string of the molecule is CN1CC2(CCN(C(=O)c3ccc(SCCO)cc3)C2)OCC1=O. The third kappa shape index (κ3) is 3.58. The molecule has 2 heterocycles. The molecule has 6 nitrogen and oxygen atoms in total. The van der Waals surface area contributed by atoms with Gasteiger partial charge in [0.25, 0.3) is 5.91 Å². The van der Waals surface area contributed by atoms with Gasteiger partial charge in [-0.2, -0.15) is 0 Å². The lowest BCUT2D eigenvalue weighted by molar-refractivity contribution is -0.158. The molecule has 1 N–H and O–H groups in total. The molecule has 0 aliphatic carbocycles. The molecule has 2 saturated heterocycles. The average Bonchev–Trinajstić information content (AvgIpc) is 3.00. The molecule has 1 aromatic carbocycles. The van der Waals surface area contributed by atoms with Crippen LogP contribution in [0.4, 0.5) is 0 Å². The van der Waals surface area contributed by atoms with Crippen LogP contribution in [-0.4, -0.2) is 78.0 Å². The molecule has 3 rings (SSSR count). The molecule has 7 heteroatoms. The van der Waals surface area contributed by atoms with E-state index in [9.17, 15) is 9.59 Å². The number of hydrogen-bond acceptors (Lipinski definition) is 5. The van der Waals surface area contributed by atoms with E-state index in [0.29, 0.717) is 31.0 Å². The van der Waals surface area contributed by atoms with E-state index in [1.807, 2.05) is 24.3 Å². The summed E-state index contributed by atoms with van der Waals surface area (Å²) in [6.07, 6.45) is 0.751. The minimum absolute atomic E-state index is 0.00580. The van der Waals surface area contributed by atoms with Crippen LogP contribution in [-0.2, 0) is 9.53 Å². The fourth-order valence-corrected chi connectivity index (χ4v) is 3.85. The normalized spacial score (nSPS) is 24.0. The summed E-state index contributed by atoms with van der Waals surface area (Å²) >= 11 is 1.56. The highest BCUT2D eigenvalue weighted by Crippen LogP contribution is 2.30.